The number of nitrogens with two attached hydrogens (primary N) is 1. The van der Waals surface area contributed by atoms with Gasteiger partial charge < -0.3 is 11.1 Å². The van der Waals surface area contributed by atoms with Crippen LogP contribution in [0.1, 0.15) is 32.3 Å². The molecule has 0 radical (unpaired) electrons. The van der Waals surface area contributed by atoms with E-state index in [0.29, 0.717) is 6.04 Å². The average molecular weight is 278 g/mol. The third-order valence-corrected chi connectivity index (χ3v) is 4.81. The van der Waals surface area contributed by atoms with Crippen molar-refractivity contribution in [1.29, 1.82) is 0 Å². The highest BCUT2D eigenvalue weighted by molar-refractivity contribution is 7.99. The van der Waals surface area contributed by atoms with Gasteiger partial charge in [0.1, 0.15) is 0 Å². The van der Waals surface area contributed by atoms with Crippen LogP contribution < -0.4 is 11.1 Å². The van der Waals surface area contributed by atoms with Gasteiger partial charge in [-0.05, 0) is 55.9 Å². The molecule has 1 aliphatic heterocycles. The van der Waals surface area contributed by atoms with E-state index in [2.05, 4.69) is 5.32 Å². The first-order chi connectivity index (χ1) is 9.00. The number of nitrogens with one attached hydrogen (secondary N) is 1. The predicted octanol–water partition coefficient (Wildman–Crippen LogP) is 2.56. The number of hydrogen-bond acceptors (Lipinski definition) is 3. The molecule has 4 heteroatoms. The van der Waals surface area contributed by atoms with Crippen LogP contribution in [-0.2, 0) is 10.2 Å². The lowest BCUT2D eigenvalue weighted by Crippen LogP contribution is -2.46. The molecule has 1 fully saturated rings. The van der Waals surface area contributed by atoms with E-state index in [9.17, 15) is 4.79 Å². The van der Waals surface area contributed by atoms with Crippen LogP contribution in [0, 0.1) is 0 Å². The summed E-state index contributed by atoms with van der Waals surface area (Å²) in [6.45, 7) is 3.93. The molecule has 1 aromatic rings. The number of amides is 1. The Bertz CT molecular complexity index is 436. The maximum Gasteiger partial charge on any atom is 0.230 e. The van der Waals surface area contributed by atoms with Gasteiger partial charge in [0.25, 0.3) is 0 Å². The summed E-state index contributed by atoms with van der Waals surface area (Å²) in [6.07, 6.45) is 2.16. The fraction of sp³-hybridized carbons (Fsp3) is 0.533. The maximum atomic E-state index is 12.5. The van der Waals surface area contributed by atoms with Crippen LogP contribution in [0.4, 0.5) is 5.69 Å². The van der Waals surface area contributed by atoms with Crippen molar-refractivity contribution in [2.24, 2.45) is 0 Å². The Morgan fingerprint density at radius 2 is 1.84 bits per heavy atom. The number of rotatable bonds is 3. The molecule has 0 bridgehead atoms. The van der Waals surface area contributed by atoms with E-state index >= 15 is 0 Å². The highest BCUT2D eigenvalue weighted by Crippen LogP contribution is 2.25. The second-order valence-corrected chi connectivity index (χ2v) is 6.83. The van der Waals surface area contributed by atoms with Gasteiger partial charge in [0, 0.05) is 11.7 Å². The normalized spacial score (nSPS) is 17.2. The van der Waals surface area contributed by atoms with Crippen LogP contribution in [0.15, 0.2) is 24.3 Å². The van der Waals surface area contributed by atoms with Crippen LogP contribution in [0.25, 0.3) is 0 Å². The lowest BCUT2D eigenvalue weighted by molar-refractivity contribution is -0.126. The van der Waals surface area contributed by atoms with Crippen LogP contribution in [0.5, 0.6) is 0 Å². The van der Waals surface area contributed by atoms with E-state index in [1.54, 1.807) is 0 Å². The summed E-state index contributed by atoms with van der Waals surface area (Å²) < 4.78 is 0. The average Bonchev–Trinajstić information content (AvgIpc) is 2.40. The number of thioether (sulfide) groups is 1. The molecule has 1 saturated heterocycles. The number of nitrogen functional groups attached to an aromatic ring is 1. The lowest BCUT2D eigenvalue weighted by Gasteiger charge is -2.29. The summed E-state index contributed by atoms with van der Waals surface area (Å²) in [5, 5.41) is 3.19. The van der Waals surface area contributed by atoms with Crippen molar-refractivity contribution in [3.8, 4) is 0 Å². The van der Waals surface area contributed by atoms with Crippen LogP contribution >= 0.6 is 11.8 Å². The molecule has 1 aromatic carbocycles. The molecular formula is C15H22N2OS. The Kier molecular flexibility index (Phi) is 4.40. The van der Waals surface area contributed by atoms with Crippen molar-refractivity contribution < 1.29 is 4.79 Å². The van der Waals surface area contributed by atoms with Gasteiger partial charge in [-0.2, -0.15) is 11.8 Å². The molecule has 0 atom stereocenters. The number of benzene rings is 1. The highest BCUT2D eigenvalue weighted by atomic mass is 32.2. The standard InChI is InChI=1S/C15H22N2OS/c1-15(2,11-3-5-12(16)6-4-11)14(18)17-13-7-9-19-10-8-13/h3-6,13H,7-10,16H2,1-2H3,(H,17,18). The van der Waals surface area contributed by atoms with Crippen LogP contribution in [0.2, 0.25) is 0 Å². The minimum absolute atomic E-state index is 0.106. The van der Waals surface area contributed by atoms with E-state index in [0.717, 1.165) is 35.6 Å². The quantitative estimate of drug-likeness (QED) is 0.836. The number of carbonyl (C=O) groups excluding carboxylic acids is 1. The predicted molar refractivity (Wildman–Crippen MR) is 82.4 cm³/mol. The number of anilines is 1. The Labute approximate surface area is 119 Å². The summed E-state index contributed by atoms with van der Waals surface area (Å²) in [4.78, 5) is 12.5. The zero-order chi connectivity index (χ0) is 13.9. The zero-order valence-electron chi connectivity index (χ0n) is 11.6. The molecule has 19 heavy (non-hydrogen) atoms. The number of carbonyl (C=O) groups is 1. The molecule has 1 heterocycles. The largest absolute Gasteiger partial charge is 0.399 e. The summed E-state index contributed by atoms with van der Waals surface area (Å²) >= 11 is 1.97. The second kappa shape index (κ2) is 5.87. The van der Waals surface area contributed by atoms with Crippen molar-refractivity contribution in [3.05, 3.63) is 29.8 Å². The highest BCUT2D eigenvalue weighted by Gasteiger charge is 2.31. The number of hydrogen-bond donors (Lipinski definition) is 2. The topological polar surface area (TPSA) is 55.1 Å². The molecule has 3 N–H and O–H groups in total. The Balaban J connectivity index is 2.05. The van der Waals surface area contributed by atoms with Crippen molar-refractivity contribution >= 4 is 23.4 Å². The van der Waals surface area contributed by atoms with Crippen LogP contribution in [0.3, 0.4) is 0 Å². The first-order valence-corrected chi connectivity index (χ1v) is 7.90. The monoisotopic (exact) mass is 278 g/mol. The first-order valence-electron chi connectivity index (χ1n) is 6.75. The minimum atomic E-state index is -0.516. The van der Waals surface area contributed by atoms with Gasteiger partial charge in [-0.15, -0.1) is 0 Å². The lowest BCUT2D eigenvalue weighted by atomic mass is 9.83. The molecule has 104 valence electrons. The van der Waals surface area contributed by atoms with E-state index in [1.807, 2.05) is 49.9 Å². The minimum Gasteiger partial charge on any atom is -0.399 e. The van der Waals surface area contributed by atoms with Gasteiger partial charge in [0.2, 0.25) is 5.91 Å². The van der Waals surface area contributed by atoms with E-state index in [-0.39, 0.29) is 5.91 Å². The molecule has 0 unspecified atom stereocenters. The molecule has 0 spiro atoms. The molecule has 1 aliphatic rings. The Morgan fingerprint density at radius 3 is 2.42 bits per heavy atom. The van der Waals surface area contributed by atoms with Crippen molar-refractivity contribution in [2.45, 2.75) is 38.1 Å². The summed E-state index contributed by atoms with van der Waals surface area (Å²) in [7, 11) is 0. The second-order valence-electron chi connectivity index (χ2n) is 5.61. The maximum absolute atomic E-state index is 12.5. The Hall–Kier alpha value is -1.16. The summed E-state index contributed by atoms with van der Waals surface area (Å²) in [6, 6.07) is 7.90. The third kappa shape index (κ3) is 3.44. The Morgan fingerprint density at radius 1 is 1.26 bits per heavy atom. The van der Waals surface area contributed by atoms with Gasteiger partial charge in [0.05, 0.1) is 5.41 Å². The fourth-order valence-electron chi connectivity index (χ4n) is 2.24. The van der Waals surface area contributed by atoms with Crippen molar-refractivity contribution in [1.82, 2.24) is 5.32 Å². The summed E-state index contributed by atoms with van der Waals surface area (Å²) in [5.74, 6) is 2.40. The molecule has 1 amide bonds. The zero-order valence-corrected chi connectivity index (χ0v) is 12.4. The first kappa shape index (κ1) is 14.3. The summed E-state index contributed by atoms with van der Waals surface area (Å²) in [5.41, 5.74) is 6.91. The molecule has 2 rings (SSSR count). The van der Waals surface area contributed by atoms with Gasteiger partial charge in [0.15, 0.2) is 0 Å². The van der Waals surface area contributed by atoms with Gasteiger partial charge >= 0.3 is 0 Å². The fourth-order valence-corrected chi connectivity index (χ4v) is 3.35. The van der Waals surface area contributed by atoms with Gasteiger partial charge in [-0.1, -0.05) is 12.1 Å². The third-order valence-electron chi connectivity index (χ3n) is 3.76. The molecule has 0 aliphatic carbocycles. The van der Waals surface area contributed by atoms with Gasteiger partial charge in [-0.3, -0.25) is 4.79 Å². The molecule has 0 saturated carbocycles. The van der Waals surface area contributed by atoms with Crippen molar-refractivity contribution in [2.75, 3.05) is 17.2 Å². The molecular weight excluding hydrogens is 256 g/mol. The van der Waals surface area contributed by atoms with Gasteiger partial charge in [-0.25, -0.2) is 0 Å². The molecule has 3 nitrogen and oxygen atoms in total. The van der Waals surface area contributed by atoms with E-state index in [1.165, 1.54) is 0 Å². The van der Waals surface area contributed by atoms with E-state index < -0.39 is 5.41 Å². The van der Waals surface area contributed by atoms with E-state index in [4.69, 9.17) is 5.73 Å². The van der Waals surface area contributed by atoms with Crippen molar-refractivity contribution in [3.63, 3.8) is 0 Å². The molecule has 0 aromatic heterocycles. The smallest absolute Gasteiger partial charge is 0.230 e. The van der Waals surface area contributed by atoms with Crippen LogP contribution in [-0.4, -0.2) is 23.5 Å². The SMILES string of the molecule is CC(C)(C(=O)NC1CCSCC1)c1ccc(N)cc1.